The second kappa shape index (κ2) is 5.18. The zero-order valence-electron chi connectivity index (χ0n) is 8.79. The molecule has 0 fully saturated rings. The summed E-state index contributed by atoms with van der Waals surface area (Å²) in [7, 11) is -1.30. The van der Waals surface area contributed by atoms with Gasteiger partial charge in [-0.2, -0.15) is 15.7 Å². The number of benzene rings is 1. The summed E-state index contributed by atoms with van der Waals surface area (Å²) in [5.74, 6) is 0. The number of hydrogen-bond donors (Lipinski definition) is 0. The van der Waals surface area contributed by atoms with Crippen molar-refractivity contribution in [1.82, 2.24) is 0 Å². The van der Waals surface area contributed by atoms with Crippen molar-refractivity contribution in [2.75, 3.05) is 0 Å². The van der Waals surface area contributed by atoms with Crippen LogP contribution in [0.3, 0.4) is 0 Å². The molecule has 0 aliphatic carbocycles. The molecule has 4 heteroatoms. The normalized spacial score (nSPS) is 13.1. The minimum Gasteiger partial charge on any atom is -0.229 e. The van der Waals surface area contributed by atoms with Crippen LogP contribution in [0.5, 0.6) is 0 Å². The van der Waals surface area contributed by atoms with Gasteiger partial charge in [0, 0.05) is 11.8 Å². The SMILES string of the molecule is Cc1ccc([S@](=O)/N=C/c2ccsc2)cc1. The molecule has 16 heavy (non-hydrogen) atoms. The average molecular weight is 249 g/mol. The number of nitrogens with zero attached hydrogens (tertiary/aromatic N) is 1. The van der Waals surface area contributed by atoms with Crippen molar-refractivity contribution in [3.63, 3.8) is 0 Å². The molecule has 0 bridgehead atoms. The van der Waals surface area contributed by atoms with Crippen molar-refractivity contribution < 1.29 is 4.21 Å². The van der Waals surface area contributed by atoms with Gasteiger partial charge in [0.25, 0.3) is 0 Å². The summed E-state index contributed by atoms with van der Waals surface area (Å²) in [6.45, 7) is 2.00. The zero-order chi connectivity index (χ0) is 11.4. The maximum atomic E-state index is 11.8. The molecule has 0 aliphatic rings. The van der Waals surface area contributed by atoms with E-state index >= 15 is 0 Å². The van der Waals surface area contributed by atoms with E-state index in [9.17, 15) is 4.21 Å². The Morgan fingerprint density at radius 1 is 1.25 bits per heavy atom. The predicted molar refractivity (Wildman–Crippen MR) is 69.5 cm³/mol. The number of hydrogen-bond acceptors (Lipinski definition) is 2. The van der Waals surface area contributed by atoms with E-state index in [1.54, 1.807) is 17.6 Å². The van der Waals surface area contributed by atoms with Gasteiger partial charge in [0.2, 0.25) is 0 Å². The zero-order valence-corrected chi connectivity index (χ0v) is 10.4. The van der Waals surface area contributed by atoms with Gasteiger partial charge >= 0.3 is 0 Å². The molecule has 82 valence electrons. The average Bonchev–Trinajstić information content (AvgIpc) is 2.80. The Balaban J connectivity index is 2.11. The Bertz CT molecular complexity index is 500. The molecule has 0 saturated carbocycles. The molecule has 2 nitrogen and oxygen atoms in total. The van der Waals surface area contributed by atoms with Gasteiger partial charge in [-0.05, 0) is 35.9 Å². The third kappa shape index (κ3) is 2.87. The topological polar surface area (TPSA) is 29.4 Å². The lowest BCUT2D eigenvalue weighted by Gasteiger charge is -1.96. The quantitative estimate of drug-likeness (QED) is 0.768. The van der Waals surface area contributed by atoms with E-state index in [2.05, 4.69) is 4.40 Å². The van der Waals surface area contributed by atoms with Crippen molar-refractivity contribution in [3.8, 4) is 0 Å². The third-order valence-corrected chi connectivity index (χ3v) is 3.74. The highest BCUT2D eigenvalue weighted by atomic mass is 32.2. The first-order valence-corrected chi connectivity index (χ1v) is 6.85. The van der Waals surface area contributed by atoms with Crippen LogP contribution in [0.4, 0.5) is 0 Å². The van der Waals surface area contributed by atoms with Crippen LogP contribution in [0.1, 0.15) is 11.1 Å². The Kier molecular flexibility index (Phi) is 3.64. The van der Waals surface area contributed by atoms with E-state index in [4.69, 9.17) is 0 Å². The van der Waals surface area contributed by atoms with E-state index in [1.807, 2.05) is 48.0 Å². The van der Waals surface area contributed by atoms with Gasteiger partial charge < -0.3 is 0 Å². The van der Waals surface area contributed by atoms with Crippen LogP contribution in [0, 0.1) is 6.92 Å². The predicted octanol–water partition coefficient (Wildman–Crippen LogP) is 3.20. The van der Waals surface area contributed by atoms with E-state index in [0.29, 0.717) is 0 Å². The summed E-state index contributed by atoms with van der Waals surface area (Å²) in [5, 5.41) is 3.94. The Morgan fingerprint density at radius 3 is 2.62 bits per heavy atom. The standard InChI is InChI=1S/C12H11NOS2/c1-10-2-4-12(5-3-10)16(14)13-8-11-6-7-15-9-11/h2-9H,1H3/b13-8+/t16-/m0/s1. The van der Waals surface area contributed by atoms with Gasteiger partial charge in [0.15, 0.2) is 11.0 Å². The molecule has 0 unspecified atom stereocenters. The van der Waals surface area contributed by atoms with Crippen LogP contribution in [0.15, 0.2) is 50.4 Å². The molecule has 0 aliphatic heterocycles. The molecule has 0 spiro atoms. The Labute approximate surface area is 101 Å². The second-order valence-electron chi connectivity index (χ2n) is 3.35. The third-order valence-electron chi connectivity index (χ3n) is 2.06. The van der Waals surface area contributed by atoms with E-state index in [-0.39, 0.29) is 0 Å². The molecule has 0 N–H and O–H groups in total. The van der Waals surface area contributed by atoms with E-state index < -0.39 is 11.0 Å². The van der Waals surface area contributed by atoms with Gasteiger partial charge in [-0.15, -0.1) is 0 Å². The molecule has 2 aromatic rings. The van der Waals surface area contributed by atoms with Crippen LogP contribution in [0.2, 0.25) is 0 Å². The summed E-state index contributed by atoms with van der Waals surface area (Å²) in [4.78, 5) is 0.733. The highest BCUT2D eigenvalue weighted by Crippen LogP contribution is 2.10. The maximum Gasteiger partial charge on any atom is 0.172 e. The van der Waals surface area contributed by atoms with Crippen molar-refractivity contribution in [2.24, 2.45) is 4.40 Å². The number of aryl methyl sites for hydroxylation is 1. The summed E-state index contributed by atoms with van der Waals surface area (Å²) >= 11 is 1.60. The smallest absolute Gasteiger partial charge is 0.172 e. The molecule has 1 aromatic carbocycles. The van der Waals surface area contributed by atoms with Crippen molar-refractivity contribution in [1.29, 1.82) is 0 Å². The van der Waals surface area contributed by atoms with Gasteiger partial charge in [-0.1, -0.05) is 17.7 Å². The first-order valence-electron chi connectivity index (χ1n) is 4.80. The van der Waals surface area contributed by atoms with Crippen LogP contribution in [-0.2, 0) is 11.0 Å². The minimum atomic E-state index is -1.30. The van der Waals surface area contributed by atoms with Crippen molar-refractivity contribution >= 4 is 28.5 Å². The van der Waals surface area contributed by atoms with Gasteiger partial charge in [-0.25, -0.2) is 4.21 Å². The van der Waals surface area contributed by atoms with Gasteiger partial charge in [-0.3, -0.25) is 0 Å². The first kappa shape index (κ1) is 11.2. The molecule has 1 aromatic heterocycles. The molecule has 1 atom stereocenters. The van der Waals surface area contributed by atoms with Crippen molar-refractivity contribution in [2.45, 2.75) is 11.8 Å². The second-order valence-corrected chi connectivity index (χ2v) is 5.31. The maximum absolute atomic E-state index is 11.8. The first-order chi connectivity index (χ1) is 7.75. The fraction of sp³-hybridized carbons (Fsp3) is 0.0833. The number of rotatable bonds is 3. The fourth-order valence-electron chi connectivity index (χ4n) is 1.17. The van der Waals surface area contributed by atoms with E-state index in [0.717, 1.165) is 16.0 Å². The minimum absolute atomic E-state index is 0.733. The fourth-order valence-corrected chi connectivity index (χ4v) is 2.49. The molecule has 2 rings (SSSR count). The monoisotopic (exact) mass is 249 g/mol. The Morgan fingerprint density at radius 2 is 2.00 bits per heavy atom. The van der Waals surface area contributed by atoms with Crippen LogP contribution in [-0.4, -0.2) is 10.4 Å². The lowest BCUT2D eigenvalue weighted by atomic mass is 10.2. The molecule has 1 heterocycles. The number of thiophene rings is 1. The van der Waals surface area contributed by atoms with Crippen LogP contribution >= 0.6 is 11.3 Å². The van der Waals surface area contributed by atoms with Gasteiger partial charge in [0.05, 0.1) is 4.90 Å². The highest BCUT2D eigenvalue weighted by molar-refractivity contribution is 7.83. The molecule has 0 saturated heterocycles. The lowest BCUT2D eigenvalue weighted by Crippen LogP contribution is -1.88. The Hall–Kier alpha value is -1.26. The van der Waals surface area contributed by atoms with Crippen LogP contribution < -0.4 is 0 Å². The van der Waals surface area contributed by atoms with Gasteiger partial charge in [0.1, 0.15) is 0 Å². The molecular formula is C12H11NOS2. The van der Waals surface area contributed by atoms with Crippen LogP contribution in [0.25, 0.3) is 0 Å². The molecule has 0 amide bonds. The highest BCUT2D eigenvalue weighted by Gasteiger charge is 1.99. The van der Waals surface area contributed by atoms with Crippen molar-refractivity contribution in [3.05, 3.63) is 52.2 Å². The van der Waals surface area contributed by atoms with E-state index in [1.165, 1.54) is 0 Å². The lowest BCUT2D eigenvalue weighted by molar-refractivity contribution is 0.684. The largest absolute Gasteiger partial charge is 0.229 e. The summed E-state index contributed by atoms with van der Waals surface area (Å²) < 4.78 is 15.8. The summed E-state index contributed by atoms with van der Waals surface area (Å²) in [5.41, 5.74) is 2.15. The molecular weight excluding hydrogens is 238 g/mol. The molecule has 0 radical (unpaired) electrons. The summed E-state index contributed by atoms with van der Waals surface area (Å²) in [6.07, 6.45) is 1.65. The summed E-state index contributed by atoms with van der Waals surface area (Å²) in [6, 6.07) is 9.51.